The van der Waals surface area contributed by atoms with Crippen LogP contribution in [0.2, 0.25) is 0 Å². The van der Waals surface area contributed by atoms with Crippen LogP contribution in [0.15, 0.2) is 0 Å². The molecular formula is C6H17Cr2O5V-. The smallest absolute Gasteiger partial charge is 0 e. The van der Waals surface area contributed by atoms with Crippen molar-refractivity contribution in [1.82, 2.24) is 0 Å². The van der Waals surface area contributed by atoms with Crippen LogP contribution in [0.1, 0.15) is 21.3 Å². The van der Waals surface area contributed by atoms with Gasteiger partial charge < -0.3 is 17.3 Å². The molecule has 0 aromatic heterocycles. The number of carbonyl (C=O) groups excluding carboxylic acids is 1. The van der Waals surface area contributed by atoms with Gasteiger partial charge in [-0.3, -0.25) is 0 Å². The van der Waals surface area contributed by atoms with Crippen LogP contribution in [0.5, 0.6) is 0 Å². The zero-order valence-corrected chi connectivity index (χ0v) is 11.6. The van der Waals surface area contributed by atoms with Crippen LogP contribution >= 0.6 is 0 Å². The molecule has 0 aliphatic rings. The first kappa shape index (κ1) is 46.6. The van der Waals surface area contributed by atoms with Crippen molar-refractivity contribution in [3.8, 4) is 0 Å². The molecule has 0 bridgehead atoms. The summed E-state index contributed by atoms with van der Waals surface area (Å²) in [6.45, 7) is 3.38. The van der Waals surface area contributed by atoms with Gasteiger partial charge >= 0.3 is 25.4 Å². The Kier molecular flexibility index (Phi) is 227. The summed E-state index contributed by atoms with van der Waals surface area (Å²) in [5.74, 6) is 0. The fraction of sp³-hybridized carbons (Fsp3) is 0.667. The molecule has 0 spiro atoms. The second-order valence-corrected chi connectivity index (χ2v) is 1.39. The zero-order chi connectivity index (χ0) is 8.99. The molecule has 0 atom stereocenters. The van der Waals surface area contributed by atoms with Crippen LogP contribution in [0.3, 0.4) is 0 Å². The van der Waals surface area contributed by atoms with E-state index in [4.69, 9.17) is 21.3 Å². The van der Waals surface area contributed by atoms with Crippen molar-refractivity contribution in [2.45, 2.75) is 21.3 Å². The minimum absolute atomic E-state index is 0. The maximum absolute atomic E-state index is 8.81. The normalized spacial score (nSPS) is 3.93. The topological polar surface area (TPSA) is 88.5 Å². The Balaban J connectivity index is -0.00000000929. The van der Waals surface area contributed by atoms with Crippen molar-refractivity contribution in [3.05, 3.63) is 7.43 Å². The molecule has 0 heterocycles. The first-order valence-electron chi connectivity index (χ1n) is 2.34. The molecule has 0 saturated heterocycles. The molecule has 89 valence electrons. The van der Waals surface area contributed by atoms with E-state index in [0.717, 1.165) is 6.29 Å². The number of aliphatic hydroxyl groups excluding tert-OH is 1. The molecule has 5 nitrogen and oxygen atoms in total. The Bertz CT molecular complexity index is 136. The monoisotopic (exact) mass is 324 g/mol. The number of aldehydes is 1. The van der Waals surface area contributed by atoms with Gasteiger partial charge in [0, 0.05) is 42.5 Å². The Morgan fingerprint density at radius 2 is 1.29 bits per heavy atom. The van der Waals surface area contributed by atoms with E-state index in [9.17, 15) is 0 Å². The van der Waals surface area contributed by atoms with E-state index < -0.39 is 14.0 Å². The number of hydrogen-bond donors (Lipinski definition) is 1. The molecule has 0 amide bonds. The molecule has 0 aliphatic heterocycles. The van der Waals surface area contributed by atoms with Gasteiger partial charge in [0.1, 0.15) is 6.29 Å². The van der Waals surface area contributed by atoms with E-state index in [-0.39, 0.29) is 57.4 Å². The summed E-state index contributed by atoms with van der Waals surface area (Å²) < 4.78 is 25.6. The third-order valence-electron chi connectivity index (χ3n) is 0. The maximum Gasteiger partial charge on any atom is 0 e. The second kappa shape index (κ2) is 68.2. The van der Waals surface area contributed by atoms with Crippen molar-refractivity contribution in [2.75, 3.05) is 6.61 Å². The molecule has 8 heteroatoms. The summed E-state index contributed by atoms with van der Waals surface area (Å²) in [7, 11) is 0. The summed E-state index contributed by atoms with van der Waals surface area (Å²) >= 11 is -3.79. The molecule has 0 rings (SSSR count). The molecule has 0 unspecified atom stereocenters. The van der Waals surface area contributed by atoms with Gasteiger partial charge in [0.05, 0.1) is 0 Å². The van der Waals surface area contributed by atoms with E-state index in [2.05, 4.69) is 0 Å². The first-order chi connectivity index (χ1) is 4.56. The Morgan fingerprint density at radius 1 is 1.29 bits per heavy atom. The van der Waals surface area contributed by atoms with Gasteiger partial charge in [-0.2, -0.15) is 0 Å². The molecule has 1 radical (unpaired) electrons. The van der Waals surface area contributed by atoms with Crippen molar-refractivity contribution in [1.29, 1.82) is 0 Å². The summed E-state index contributed by atoms with van der Waals surface area (Å²) in [6.07, 6.45) is 0.750. The average molecular weight is 324 g/mol. The van der Waals surface area contributed by atoms with Gasteiger partial charge in [0.25, 0.3) is 0 Å². The Labute approximate surface area is 112 Å². The van der Waals surface area contributed by atoms with Gasteiger partial charge in [0.15, 0.2) is 0 Å². The Morgan fingerprint density at radius 3 is 1.29 bits per heavy atom. The van der Waals surface area contributed by atoms with Crippen molar-refractivity contribution in [3.63, 3.8) is 0 Å². The van der Waals surface area contributed by atoms with Gasteiger partial charge in [-0.25, -0.2) is 0 Å². The third-order valence-corrected chi connectivity index (χ3v) is 0. The second-order valence-electron chi connectivity index (χ2n) is 0.756. The number of hydrogen-bond acceptors (Lipinski definition) is 5. The molecule has 0 saturated carbocycles. The van der Waals surface area contributed by atoms with Gasteiger partial charge in [-0.15, -0.1) is 0 Å². The van der Waals surface area contributed by atoms with Crippen LogP contribution in [0.25, 0.3) is 0 Å². The largest absolute Gasteiger partial charge is 0 e. The quantitative estimate of drug-likeness (QED) is 0.529. The fourth-order valence-electron chi connectivity index (χ4n) is 0. The predicted octanol–water partition coefficient (Wildman–Crippen LogP) is 0.926. The third kappa shape index (κ3) is 3750. The minimum atomic E-state index is -3.79. The van der Waals surface area contributed by atoms with E-state index in [1.165, 1.54) is 6.92 Å². The predicted molar refractivity (Wildman–Crippen MR) is 39.7 cm³/mol. The van der Waals surface area contributed by atoms with Crippen molar-refractivity contribution in [2.24, 2.45) is 0 Å². The summed E-state index contributed by atoms with van der Waals surface area (Å²) in [5, 5.41) is 7.57. The summed E-state index contributed by atoms with van der Waals surface area (Å²) in [4.78, 5) is 8.81. The molecule has 0 fully saturated rings. The number of aliphatic hydroxyl groups is 1. The van der Waals surface area contributed by atoms with E-state index in [1.54, 1.807) is 6.92 Å². The minimum Gasteiger partial charge on any atom is 0 e. The van der Waals surface area contributed by atoms with Crippen LogP contribution < -0.4 is 0 Å². The van der Waals surface area contributed by atoms with E-state index in [0.29, 0.717) is 0 Å². The molecular weight excluding hydrogens is 307 g/mol. The molecule has 0 aromatic carbocycles. The van der Waals surface area contributed by atoms with Gasteiger partial charge in [0.2, 0.25) is 0 Å². The molecule has 1 N–H and O–H groups in total. The average Bonchev–Trinajstić information content (AvgIpc) is 1.65. The van der Waals surface area contributed by atoms with E-state index in [1.807, 2.05) is 0 Å². The fourth-order valence-corrected chi connectivity index (χ4v) is 0. The van der Waals surface area contributed by atoms with Crippen LogP contribution in [-0.2, 0) is 66.1 Å². The SMILES string of the molecule is C.CC=O.CCO.[CH3-].[Cr].[O]=[Cr](=[O])=[O].[V]. The van der Waals surface area contributed by atoms with Crippen molar-refractivity contribution < 1.29 is 71.2 Å². The molecule has 0 aliphatic carbocycles. The van der Waals surface area contributed by atoms with Crippen LogP contribution in [0, 0.1) is 7.43 Å². The summed E-state index contributed by atoms with van der Waals surface area (Å²) in [6, 6.07) is 0. The van der Waals surface area contributed by atoms with Crippen LogP contribution in [-0.4, -0.2) is 18.0 Å². The Hall–Kier alpha value is 0.679. The summed E-state index contributed by atoms with van der Waals surface area (Å²) in [5.41, 5.74) is 0. The number of carbonyl (C=O) groups is 1. The first-order valence-corrected chi connectivity index (χ1v) is 3.90. The van der Waals surface area contributed by atoms with Gasteiger partial charge in [-0.1, -0.05) is 7.43 Å². The maximum atomic E-state index is 8.81. The zero-order valence-electron chi connectivity index (χ0n) is 7.63. The number of rotatable bonds is 0. The molecule has 14 heavy (non-hydrogen) atoms. The standard InChI is InChI=1S/C2H6O.C2H4O.CH4.CH3.2Cr.3O.V/c2*1-2-3;;;;;;;;/h3H,2H2,1H3;2H,1H3;1H4;1H3;;;;;;/q;;;-1;;;;;;. The van der Waals surface area contributed by atoms with Crippen molar-refractivity contribution >= 4 is 6.29 Å². The van der Waals surface area contributed by atoms with Crippen LogP contribution in [0.4, 0.5) is 0 Å². The van der Waals surface area contributed by atoms with E-state index >= 15 is 0 Å². The molecule has 0 aromatic rings. The van der Waals surface area contributed by atoms with Gasteiger partial charge in [-0.05, 0) is 13.8 Å².